The van der Waals surface area contributed by atoms with Gasteiger partial charge in [-0.15, -0.1) is 0 Å². The van der Waals surface area contributed by atoms with Crippen molar-refractivity contribution in [3.05, 3.63) is 10.8 Å². The van der Waals surface area contributed by atoms with Crippen molar-refractivity contribution in [3.8, 4) is 0 Å². The second-order valence-corrected chi connectivity index (χ2v) is 4.38. The fourth-order valence-electron chi connectivity index (χ4n) is 0.962. The van der Waals surface area contributed by atoms with Gasteiger partial charge in [0.25, 0.3) is 10.0 Å². The fourth-order valence-corrected chi connectivity index (χ4v) is 2.32. The van der Waals surface area contributed by atoms with Gasteiger partial charge in [-0.25, -0.2) is 8.42 Å². The van der Waals surface area contributed by atoms with E-state index in [0.717, 1.165) is 0 Å². The maximum atomic E-state index is 11.2. The minimum atomic E-state index is -3.95. The van der Waals surface area contributed by atoms with E-state index >= 15 is 0 Å². The van der Waals surface area contributed by atoms with E-state index < -0.39 is 10.0 Å². The van der Waals surface area contributed by atoms with Gasteiger partial charge in [0.1, 0.15) is 10.0 Å². The third-order valence-electron chi connectivity index (χ3n) is 1.49. The third-order valence-corrected chi connectivity index (χ3v) is 3.30. The summed E-state index contributed by atoms with van der Waals surface area (Å²) in [6.45, 7) is 1.48. The molecule has 0 saturated carbocycles. The monoisotopic (exact) mass is 225 g/mol. The summed E-state index contributed by atoms with van der Waals surface area (Å²) < 4.78 is 23.5. The van der Waals surface area contributed by atoms with Gasteiger partial charge in [0.15, 0.2) is 0 Å². The minimum absolute atomic E-state index is 0.0425. The van der Waals surface area contributed by atoms with Crippen molar-refractivity contribution >= 4 is 21.6 Å². The van der Waals surface area contributed by atoms with Crippen LogP contribution < -0.4 is 4.89 Å². The summed E-state index contributed by atoms with van der Waals surface area (Å²) in [6, 6.07) is 0. The Morgan fingerprint density at radius 2 is 2.15 bits per heavy atom. The van der Waals surface area contributed by atoms with Gasteiger partial charge in [0.05, 0.1) is 5.69 Å². The van der Waals surface area contributed by atoms with Gasteiger partial charge >= 0.3 is 0 Å². The Morgan fingerprint density at radius 3 is 2.46 bits per heavy atom. The van der Waals surface area contributed by atoms with Crippen molar-refractivity contribution in [2.75, 3.05) is 0 Å². The number of nitrogens with one attached hydrogen (secondary N) is 1. The van der Waals surface area contributed by atoms with Gasteiger partial charge in [-0.3, -0.25) is 4.68 Å². The number of aromatic nitrogens is 2. The topological polar surface area (TPSA) is 84.2 Å². The summed E-state index contributed by atoms with van der Waals surface area (Å²) in [7, 11) is -2.44. The number of hydrogen-bond acceptors (Lipinski definition) is 4. The lowest BCUT2D eigenvalue weighted by Crippen LogP contribution is -2.20. The first kappa shape index (κ1) is 10.5. The van der Waals surface area contributed by atoms with E-state index in [0.29, 0.717) is 0 Å². The van der Waals surface area contributed by atoms with E-state index in [-0.39, 0.29) is 15.7 Å². The van der Waals surface area contributed by atoms with Crippen LogP contribution in [-0.2, 0) is 17.1 Å². The smallest absolute Gasteiger partial charge is 0.267 e. The largest absolute Gasteiger partial charge is 0.302 e. The predicted octanol–water partition coefficient (Wildman–Crippen LogP) is 0.0494. The highest BCUT2D eigenvalue weighted by molar-refractivity contribution is 7.89. The van der Waals surface area contributed by atoms with Gasteiger partial charge < -0.3 is 5.21 Å². The molecule has 6 nitrogen and oxygen atoms in total. The van der Waals surface area contributed by atoms with Crippen LogP contribution in [0.5, 0.6) is 0 Å². The first-order chi connectivity index (χ1) is 5.90. The normalized spacial score (nSPS) is 12.0. The molecule has 0 spiro atoms. The Balaban J connectivity index is 3.47. The molecule has 1 rings (SSSR count). The summed E-state index contributed by atoms with van der Waals surface area (Å²) >= 11 is 5.65. The molecule has 0 aromatic carbocycles. The molecule has 13 heavy (non-hydrogen) atoms. The van der Waals surface area contributed by atoms with Crippen LogP contribution >= 0.6 is 11.6 Å². The van der Waals surface area contributed by atoms with Crippen LogP contribution in [0, 0.1) is 6.92 Å². The zero-order valence-electron chi connectivity index (χ0n) is 6.94. The Kier molecular flexibility index (Phi) is 2.62. The highest BCUT2D eigenvalue weighted by Gasteiger charge is 2.24. The molecule has 8 heteroatoms. The van der Waals surface area contributed by atoms with Crippen molar-refractivity contribution in [3.63, 3.8) is 0 Å². The fraction of sp³-hybridized carbons (Fsp3) is 0.400. The molecule has 0 bridgehead atoms. The lowest BCUT2D eigenvalue weighted by atomic mass is 10.5. The molecule has 2 N–H and O–H groups in total. The van der Waals surface area contributed by atoms with Gasteiger partial charge in [0.2, 0.25) is 0 Å². The number of aryl methyl sites for hydroxylation is 2. The van der Waals surface area contributed by atoms with E-state index in [2.05, 4.69) is 5.10 Å². The van der Waals surface area contributed by atoms with Crippen molar-refractivity contribution in [1.82, 2.24) is 14.7 Å². The zero-order chi connectivity index (χ0) is 10.2. The van der Waals surface area contributed by atoms with E-state index in [4.69, 9.17) is 16.8 Å². The van der Waals surface area contributed by atoms with Gasteiger partial charge in [-0.05, 0) is 6.92 Å². The van der Waals surface area contributed by atoms with Gasteiger partial charge in [0, 0.05) is 7.05 Å². The second-order valence-electron chi connectivity index (χ2n) is 2.42. The van der Waals surface area contributed by atoms with Crippen molar-refractivity contribution in [1.29, 1.82) is 0 Å². The van der Waals surface area contributed by atoms with Crippen molar-refractivity contribution in [2.24, 2.45) is 7.05 Å². The van der Waals surface area contributed by atoms with Crippen LogP contribution in [0.4, 0.5) is 0 Å². The lowest BCUT2D eigenvalue weighted by molar-refractivity contribution is 0.242. The molecule has 0 aliphatic carbocycles. The van der Waals surface area contributed by atoms with E-state index in [9.17, 15) is 8.42 Å². The first-order valence-corrected chi connectivity index (χ1v) is 5.11. The number of rotatable bonds is 2. The Morgan fingerprint density at radius 1 is 1.62 bits per heavy atom. The van der Waals surface area contributed by atoms with Crippen LogP contribution in [0.2, 0.25) is 5.15 Å². The molecule has 0 radical (unpaired) electrons. The number of halogens is 1. The minimum Gasteiger partial charge on any atom is -0.302 e. The highest BCUT2D eigenvalue weighted by Crippen LogP contribution is 2.23. The Labute approximate surface area is 80.1 Å². The lowest BCUT2D eigenvalue weighted by Gasteiger charge is -1.99. The zero-order valence-corrected chi connectivity index (χ0v) is 8.52. The maximum Gasteiger partial charge on any atom is 0.267 e. The van der Waals surface area contributed by atoms with Crippen LogP contribution in [0.25, 0.3) is 0 Å². The van der Waals surface area contributed by atoms with Crippen molar-refractivity contribution in [2.45, 2.75) is 11.8 Å². The van der Waals surface area contributed by atoms with E-state index in [1.165, 1.54) is 23.5 Å². The van der Waals surface area contributed by atoms with Gasteiger partial charge in [-0.2, -0.15) is 5.10 Å². The summed E-state index contributed by atoms with van der Waals surface area (Å²) in [6.07, 6.45) is 0. The van der Waals surface area contributed by atoms with Gasteiger partial charge in [-0.1, -0.05) is 16.5 Å². The summed E-state index contributed by atoms with van der Waals surface area (Å²) in [5.74, 6) is 0. The molecule has 0 aliphatic heterocycles. The van der Waals surface area contributed by atoms with E-state index in [1.807, 2.05) is 0 Å². The van der Waals surface area contributed by atoms with E-state index in [1.54, 1.807) is 0 Å². The molecular formula is C5H8ClN3O3S. The number of sulfonamides is 1. The summed E-state index contributed by atoms with van der Waals surface area (Å²) in [5.41, 5.74) is 0.231. The molecule has 0 amide bonds. The molecule has 0 aliphatic rings. The van der Waals surface area contributed by atoms with Crippen LogP contribution in [0.1, 0.15) is 5.69 Å². The van der Waals surface area contributed by atoms with Crippen LogP contribution in [0.3, 0.4) is 0 Å². The molecule has 0 saturated heterocycles. The highest BCUT2D eigenvalue weighted by atomic mass is 35.5. The second kappa shape index (κ2) is 3.26. The number of nitrogens with zero attached hydrogens (tertiary/aromatic N) is 2. The standard InChI is InChI=1S/C5H8ClN3O3S/c1-3-4(13(11,12)8-10)5(6)9(2)7-3/h8,10H,1-2H3. The maximum absolute atomic E-state index is 11.2. The molecule has 1 aromatic heterocycles. The SMILES string of the molecule is Cc1nn(C)c(Cl)c1S(=O)(=O)NO. The van der Waals surface area contributed by atoms with Crippen molar-refractivity contribution < 1.29 is 13.6 Å². The van der Waals surface area contributed by atoms with Crippen LogP contribution in [0.15, 0.2) is 4.90 Å². The molecule has 74 valence electrons. The molecule has 1 aromatic rings. The molecule has 1 heterocycles. The Bertz CT molecular complexity index is 424. The summed E-state index contributed by atoms with van der Waals surface area (Å²) in [4.78, 5) is 0.978. The summed E-state index contributed by atoms with van der Waals surface area (Å²) in [5, 5.41) is 12.1. The predicted molar refractivity (Wildman–Crippen MR) is 45.1 cm³/mol. The first-order valence-electron chi connectivity index (χ1n) is 3.25. The third kappa shape index (κ3) is 1.68. The molecule has 0 unspecified atom stereocenters. The molecule has 0 fully saturated rings. The average Bonchev–Trinajstić information content (AvgIpc) is 2.27. The molecular weight excluding hydrogens is 218 g/mol. The Hall–Kier alpha value is -0.630. The molecule has 0 atom stereocenters. The average molecular weight is 226 g/mol. The quantitative estimate of drug-likeness (QED) is 0.697. The number of hydrogen-bond donors (Lipinski definition) is 2. The van der Waals surface area contributed by atoms with Crippen LogP contribution in [-0.4, -0.2) is 23.4 Å².